The molecule has 180 valence electrons. The van der Waals surface area contributed by atoms with E-state index in [9.17, 15) is 19.2 Å². The number of fused-ring (bicyclic) bond motifs is 1. The molecule has 0 aromatic heterocycles. The number of hydrogen-bond donors (Lipinski definition) is 2. The van der Waals surface area contributed by atoms with E-state index in [1.54, 1.807) is 60.7 Å². The second-order valence-corrected chi connectivity index (χ2v) is 9.08. The third-order valence-electron chi connectivity index (χ3n) is 6.65. The Morgan fingerprint density at radius 3 is 2.11 bits per heavy atom. The summed E-state index contributed by atoms with van der Waals surface area (Å²) in [6.45, 7) is 1.97. The molecule has 7 heteroatoms. The van der Waals surface area contributed by atoms with Gasteiger partial charge < -0.3 is 10.6 Å². The van der Waals surface area contributed by atoms with Gasteiger partial charge in [-0.2, -0.15) is 0 Å². The van der Waals surface area contributed by atoms with Gasteiger partial charge in [-0.3, -0.25) is 19.2 Å². The molecule has 1 heterocycles. The van der Waals surface area contributed by atoms with E-state index in [-0.39, 0.29) is 40.8 Å². The predicted molar refractivity (Wildman–Crippen MR) is 138 cm³/mol. The first-order chi connectivity index (χ1) is 17.4. The fourth-order valence-electron chi connectivity index (χ4n) is 4.76. The highest BCUT2D eigenvalue weighted by molar-refractivity contribution is 6.25. The van der Waals surface area contributed by atoms with Crippen LogP contribution in [0.3, 0.4) is 0 Å². The molecule has 0 spiro atoms. The Hall–Kier alpha value is -4.52. The monoisotopic (exact) mass is 479 g/mol. The van der Waals surface area contributed by atoms with Crippen molar-refractivity contribution in [3.63, 3.8) is 0 Å². The van der Waals surface area contributed by atoms with Gasteiger partial charge in [-0.25, -0.2) is 4.90 Å². The zero-order valence-electron chi connectivity index (χ0n) is 19.7. The van der Waals surface area contributed by atoms with Crippen molar-refractivity contribution >= 4 is 40.7 Å². The Morgan fingerprint density at radius 2 is 1.36 bits per heavy atom. The second-order valence-electron chi connectivity index (χ2n) is 9.08. The molecule has 2 atom stereocenters. The average Bonchev–Trinajstić information content (AvgIpc) is 3.13. The molecule has 1 saturated heterocycles. The van der Waals surface area contributed by atoms with E-state index in [1.165, 1.54) is 4.90 Å². The molecule has 1 fully saturated rings. The maximum Gasteiger partial charge on any atom is 0.257 e. The van der Waals surface area contributed by atoms with E-state index >= 15 is 0 Å². The highest BCUT2D eigenvalue weighted by Gasteiger charge is 2.49. The first-order valence-corrected chi connectivity index (χ1v) is 11.8. The van der Waals surface area contributed by atoms with Crippen molar-refractivity contribution in [1.82, 2.24) is 0 Å². The lowest BCUT2D eigenvalue weighted by Gasteiger charge is -2.19. The van der Waals surface area contributed by atoms with Crippen LogP contribution >= 0.6 is 0 Å². The van der Waals surface area contributed by atoms with Gasteiger partial charge in [0.1, 0.15) is 0 Å². The normalized spacial score (nSPS) is 18.9. The molecule has 2 aliphatic rings. The van der Waals surface area contributed by atoms with Gasteiger partial charge in [0.15, 0.2) is 0 Å². The summed E-state index contributed by atoms with van der Waals surface area (Å²) in [4.78, 5) is 53.1. The standard InChI is InChI=1S/C29H25N3O4/c1-18-11-16-22-24(17-18)29(36)32(28(22)35)25-10-6-5-9-23(25)27(34)31-21-14-12-19(13-15-21)26(33)30-20-7-3-2-4-8-20/h2-15,22,24H,16-17H2,1H3,(H,30,33)(H,31,34)/t22-,24+/m0/s1. The summed E-state index contributed by atoms with van der Waals surface area (Å²) >= 11 is 0. The number of imide groups is 1. The summed E-state index contributed by atoms with van der Waals surface area (Å²) in [5.74, 6) is -1.99. The number of rotatable bonds is 5. The van der Waals surface area contributed by atoms with E-state index in [0.717, 1.165) is 5.57 Å². The molecule has 1 aliphatic heterocycles. The summed E-state index contributed by atoms with van der Waals surface area (Å²) in [6.07, 6.45) is 3.11. The largest absolute Gasteiger partial charge is 0.322 e. The van der Waals surface area contributed by atoms with Crippen LogP contribution in [0.4, 0.5) is 17.1 Å². The van der Waals surface area contributed by atoms with Crippen molar-refractivity contribution in [2.24, 2.45) is 11.8 Å². The number of nitrogens with zero attached hydrogens (tertiary/aromatic N) is 1. The maximum atomic E-state index is 13.2. The number of amides is 4. The molecular formula is C29H25N3O4. The quantitative estimate of drug-likeness (QED) is 0.396. The number of hydrogen-bond acceptors (Lipinski definition) is 4. The minimum Gasteiger partial charge on any atom is -0.322 e. The minimum atomic E-state index is -0.447. The van der Waals surface area contributed by atoms with Gasteiger partial charge in [0, 0.05) is 16.9 Å². The molecule has 4 amide bonds. The second kappa shape index (κ2) is 9.62. The van der Waals surface area contributed by atoms with Gasteiger partial charge in [0.25, 0.3) is 11.8 Å². The van der Waals surface area contributed by atoms with Gasteiger partial charge in [-0.1, -0.05) is 42.0 Å². The molecule has 0 unspecified atom stereocenters. The zero-order chi connectivity index (χ0) is 25.2. The number of benzene rings is 3. The van der Waals surface area contributed by atoms with Crippen LogP contribution in [0, 0.1) is 11.8 Å². The summed E-state index contributed by atoms with van der Waals surface area (Å²) in [5.41, 5.74) is 3.24. The summed E-state index contributed by atoms with van der Waals surface area (Å²) < 4.78 is 0. The van der Waals surface area contributed by atoms with Crippen LogP contribution < -0.4 is 15.5 Å². The fraction of sp³-hybridized carbons (Fsp3) is 0.172. The molecule has 3 aromatic carbocycles. The van der Waals surface area contributed by atoms with Crippen molar-refractivity contribution in [3.8, 4) is 0 Å². The van der Waals surface area contributed by atoms with Crippen LogP contribution in [0.15, 0.2) is 90.5 Å². The predicted octanol–water partition coefficient (Wildman–Crippen LogP) is 5.04. The number of para-hydroxylation sites is 2. The molecule has 0 saturated carbocycles. The average molecular weight is 480 g/mol. The van der Waals surface area contributed by atoms with Crippen LogP contribution in [0.2, 0.25) is 0 Å². The van der Waals surface area contributed by atoms with E-state index < -0.39 is 5.91 Å². The minimum absolute atomic E-state index is 0.230. The molecule has 7 nitrogen and oxygen atoms in total. The molecule has 2 N–H and O–H groups in total. The number of nitrogens with one attached hydrogen (secondary N) is 2. The first-order valence-electron chi connectivity index (χ1n) is 11.8. The number of carbonyl (C=O) groups is 4. The van der Waals surface area contributed by atoms with E-state index in [2.05, 4.69) is 10.6 Å². The zero-order valence-corrected chi connectivity index (χ0v) is 19.7. The molecule has 1 aliphatic carbocycles. The third-order valence-corrected chi connectivity index (χ3v) is 6.65. The smallest absolute Gasteiger partial charge is 0.257 e. The SMILES string of the molecule is CC1=CC[C@@H]2C(=O)N(c3ccccc3C(=O)Nc3ccc(C(=O)Nc4ccccc4)cc3)C(=O)[C@@H]2C1. The molecule has 36 heavy (non-hydrogen) atoms. The van der Waals surface area contributed by atoms with Crippen LogP contribution in [0.1, 0.15) is 40.5 Å². The van der Waals surface area contributed by atoms with Gasteiger partial charge >= 0.3 is 0 Å². The third kappa shape index (κ3) is 4.43. The summed E-state index contributed by atoms with van der Waals surface area (Å²) in [6, 6.07) is 22.3. The van der Waals surface area contributed by atoms with Crippen LogP contribution in [-0.2, 0) is 9.59 Å². The van der Waals surface area contributed by atoms with Crippen LogP contribution in [-0.4, -0.2) is 23.6 Å². The van der Waals surface area contributed by atoms with Crippen LogP contribution in [0.5, 0.6) is 0 Å². The van der Waals surface area contributed by atoms with Gasteiger partial charge in [-0.15, -0.1) is 0 Å². The van der Waals surface area contributed by atoms with Crippen molar-refractivity contribution in [3.05, 3.63) is 102 Å². The van der Waals surface area contributed by atoms with Crippen molar-refractivity contribution < 1.29 is 19.2 Å². The fourth-order valence-corrected chi connectivity index (χ4v) is 4.76. The van der Waals surface area contributed by atoms with Gasteiger partial charge in [0.05, 0.1) is 23.1 Å². The number of anilines is 3. The Balaban J connectivity index is 1.32. The highest BCUT2D eigenvalue weighted by atomic mass is 16.2. The van der Waals surface area contributed by atoms with Crippen LogP contribution in [0.25, 0.3) is 0 Å². The summed E-state index contributed by atoms with van der Waals surface area (Å²) in [5, 5.41) is 5.62. The molecule has 3 aromatic rings. The van der Waals surface area contributed by atoms with Crippen molar-refractivity contribution in [2.75, 3.05) is 15.5 Å². The lowest BCUT2D eigenvalue weighted by atomic mass is 9.82. The maximum absolute atomic E-state index is 13.2. The van der Waals surface area contributed by atoms with Gasteiger partial charge in [0.2, 0.25) is 11.8 Å². The Bertz CT molecular complexity index is 1380. The Morgan fingerprint density at radius 1 is 0.750 bits per heavy atom. The van der Waals surface area contributed by atoms with E-state index in [0.29, 0.717) is 29.8 Å². The summed E-state index contributed by atoms with van der Waals surface area (Å²) in [7, 11) is 0. The molecule has 0 radical (unpaired) electrons. The lowest BCUT2D eigenvalue weighted by Crippen LogP contribution is -2.33. The van der Waals surface area contributed by atoms with Gasteiger partial charge in [-0.05, 0) is 68.3 Å². The molecule has 0 bridgehead atoms. The topological polar surface area (TPSA) is 95.6 Å². The number of allylic oxidation sites excluding steroid dienone is 2. The van der Waals surface area contributed by atoms with E-state index in [1.807, 2.05) is 31.2 Å². The highest BCUT2D eigenvalue weighted by Crippen LogP contribution is 2.40. The number of carbonyl (C=O) groups excluding carboxylic acids is 4. The molecule has 5 rings (SSSR count). The first kappa shape index (κ1) is 23.2. The molecular weight excluding hydrogens is 454 g/mol. The lowest BCUT2D eigenvalue weighted by molar-refractivity contribution is -0.122. The Labute approximate surface area is 208 Å². The Kier molecular flexibility index (Phi) is 6.21. The van der Waals surface area contributed by atoms with Crippen molar-refractivity contribution in [1.29, 1.82) is 0 Å². The van der Waals surface area contributed by atoms with Crippen molar-refractivity contribution in [2.45, 2.75) is 19.8 Å². The van der Waals surface area contributed by atoms with E-state index in [4.69, 9.17) is 0 Å².